The zero-order valence-electron chi connectivity index (χ0n) is 19.9. The molecule has 2 N–H and O–H groups in total. The zero-order valence-corrected chi connectivity index (χ0v) is 20.6. The third kappa shape index (κ3) is 8.38. The van der Waals surface area contributed by atoms with E-state index in [0.717, 1.165) is 24.3 Å². The molecular formula is C24H13ClF8N6O2. The summed E-state index contributed by atoms with van der Waals surface area (Å²) in [6.07, 6.45) is -8.84. The van der Waals surface area contributed by atoms with Gasteiger partial charge in [-0.2, -0.15) is 20.1 Å². The second-order valence-electron chi connectivity index (χ2n) is 7.71. The normalized spacial score (nSPS) is 11.9. The number of aromatic nitrogens is 3. The van der Waals surface area contributed by atoms with E-state index in [1.165, 1.54) is 30.5 Å². The van der Waals surface area contributed by atoms with Gasteiger partial charge in [-0.1, -0.05) is 17.7 Å². The van der Waals surface area contributed by atoms with Crippen molar-refractivity contribution < 1.29 is 44.6 Å². The Bertz CT molecular complexity index is 1550. The summed E-state index contributed by atoms with van der Waals surface area (Å²) in [5.74, 6) is -4.66. The van der Waals surface area contributed by atoms with Gasteiger partial charge in [-0.15, -0.1) is 26.3 Å². The van der Waals surface area contributed by atoms with Crippen LogP contribution < -0.4 is 20.2 Å². The monoisotopic (exact) mass is 604 g/mol. The molecule has 3 aromatic carbocycles. The number of nitrogens with zero attached hydrogens (tertiary/aromatic N) is 4. The van der Waals surface area contributed by atoms with Gasteiger partial charge in [0, 0.05) is 11.8 Å². The summed E-state index contributed by atoms with van der Waals surface area (Å²) < 4.78 is 111. The topological polar surface area (TPSA) is 93.6 Å². The lowest BCUT2D eigenvalue weighted by Gasteiger charge is -2.13. The van der Waals surface area contributed by atoms with Crippen LogP contribution >= 0.6 is 11.6 Å². The van der Waals surface area contributed by atoms with Gasteiger partial charge in [-0.3, -0.25) is 0 Å². The maximum Gasteiger partial charge on any atom is 0.573 e. The van der Waals surface area contributed by atoms with Crippen molar-refractivity contribution in [1.82, 2.24) is 15.0 Å². The molecule has 0 amide bonds. The highest BCUT2D eigenvalue weighted by Crippen LogP contribution is 2.32. The maximum absolute atomic E-state index is 14.6. The van der Waals surface area contributed by atoms with E-state index < -0.39 is 35.9 Å². The maximum atomic E-state index is 14.6. The molecule has 0 aliphatic rings. The minimum absolute atomic E-state index is 0.0830. The third-order valence-electron chi connectivity index (χ3n) is 4.73. The molecule has 4 rings (SSSR count). The second kappa shape index (κ2) is 11.8. The fraction of sp³-hybridized carbons (Fsp3) is 0.0833. The molecule has 0 saturated heterocycles. The molecule has 8 nitrogen and oxygen atoms in total. The quantitative estimate of drug-likeness (QED) is 0.123. The number of anilines is 3. The Kier molecular flexibility index (Phi) is 8.41. The highest BCUT2D eigenvalue weighted by molar-refractivity contribution is 6.33. The number of halogens is 9. The minimum Gasteiger partial charge on any atom is -0.406 e. The standard InChI is InChI=1S/C24H13ClF8N6O2/c25-15-2-1-3-17(27)19(15)20-36-21(35-13-6-9-16(26)18(10-13)41-24(31,32)33)38-22(37-20)39-34-11-12-4-7-14(8-5-12)40-23(28,29)30/h1-11H,(H2,35,36,37,38,39). The number of nitrogens with one attached hydrogen (secondary N) is 2. The average Bonchev–Trinajstić information content (AvgIpc) is 2.85. The van der Waals surface area contributed by atoms with Crippen LogP contribution in [0.2, 0.25) is 5.02 Å². The van der Waals surface area contributed by atoms with Gasteiger partial charge in [0.1, 0.15) is 11.6 Å². The van der Waals surface area contributed by atoms with Crippen molar-refractivity contribution in [2.45, 2.75) is 12.7 Å². The van der Waals surface area contributed by atoms with Gasteiger partial charge in [0.15, 0.2) is 17.4 Å². The van der Waals surface area contributed by atoms with E-state index in [2.05, 4.69) is 40.3 Å². The zero-order chi connectivity index (χ0) is 29.8. The molecule has 0 aliphatic heterocycles. The van der Waals surface area contributed by atoms with E-state index in [0.29, 0.717) is 17.7 Å². The van der Waals surface area contributed by atoms with Crippen LogP contribution in [0.5, 0.6) is 11.5 Å². The van der Waals surface area contributed by atoms with Crippen LogP contribution in [0, 0.1) is 11.6 Å². The predicted molar refractivity (Wildman–Crippen MR) is 131 cm³/mol. The van der Waals surface area contributed by atoms with Crippen molar-refractivity contribution in [2.24, 2.45) is 5.10 Å². The van der Waals surface area contributed by atoms with Crippen LogP contribution in [0.25, 0.3) is 11.4 Å². The Morgan fingerprint density at radius 1 is 0.780 bits per heavy atom. The molecular weight excluding hydrogens is 592 g/mol. The molecule has 0 aliphatic carbocycles. The van der Waals surface area contributed by atoms with E-state index in [4.69, 9.17) is 11.6 Å². The lowest BCUT2D eigenvalue weighted by Crippen LogP contribution is -2.18. The molecule has 1 heterocycles. The second-order valence-corrected chi connectivity index (χ2v) is 8.11. The SMILES string of the molecule is Fc1ccc(Nc2nc(NN=Cc3ccc(OC(F)(F)F)cc3)nc(-c3c(F)cccc3Cl)n2)cc1OC(F)(F)F. The summed E-state index contributed by atoms with van der Waals surface area (Å²) >= 11 is 6.11. The molecule has 0 bridgehead atoms. The van der Waals surface area contributed by atoms with Crippen molar-refractivity contribution in [3.8, 4) is 22.9 Å². The molecule has 214 valence electrons. The van der Waals surface area contributed by atoms with E-state index >= 15 is 0 Å². The average molecular weight is 605 g/mol. The molecule has 17 heteroatoms. The van der Waals surface area contributed by atoms with Gasteiger partial charge in [0.25, 0.3) is 0 Å². The summed E-state index contributed by atoms with van der Waals surface area (Å²) in [5.41, 5.74) is 2.38. The highest BCUT2D eigenvalue weighted by atomic mass is 35.5. The van der Waals surface area contributed by atoms with Crippen LogP contribution in [0.3, 0.4) is 0 Å². The Hall–Kier alpha value is -4.73. The van der Waals surface area contributed by atoms with Gasteiger partial charge >= 0.3 is 12.7 Å². The fourth-order valence-corrected chi connectivity index (χ4v) is 3.39. The lowest BCUT2D eigenvalue weighted by atomic mass is 10.2. The first-order valence-corrected chi connectivity index (χ1v) is 11.3. The number of hydrogen-bond acceptors (Lipinski definition) is 8. The van der Waals surface area contributed by atoms with Crippen molar-refractivity contribution in [3.05, 3.63) is 82.9 Å². The van der Waals surface area contributed by atoms with E-state index in [1.54, 1.807) is 0 Å². The number of hydrazone groups is 1. The molecule has 0 unspecified atom stereocenters. The third-order valence-corrected chi connectivity index (χ3v) is 5.04. The molecule has 41 heavy (non-hydrogen) atoms. The summed E-state index contributed by atoms with van der Waals surface area (Å²) in [6.45, 7) is 0. The van der Waals surface area contributed by atoms with E-state index in [-0.39, 0.29) is 34.0 Å². The van der Waals surface area contributed by atoms with Crippen LogP contribution in [0.4, 0.5) is 52.7 Å². The summed E-state index contributed by atoms with van der Waals surface area (Å²) in [5, 5.41) is 6.33. The van der Waals surface area contributed by atoms with Crippen LogP contribution in [0.15, 0.2) is 65.8 Å². The minimum atomic E-state index is -5.16. The van der Waals surface area contributed by atoms with E-state index in [1.807, 2.05) is 0 Å². The molecule has 0 saturated carbocycles. The smallest absolute Gasteiger partial charge is 0.406 e. The Morgan fingerprint density at radius 3 is 2.12 bits per heavy atom. The Labute approximate surface area is 229 Å². The largest absolute Gasteiger partial charge is 0.573 e. The first-order chi connectivity index (χ1) is 19.3. The van der Waals surface area contributed by atoms with Gasteiger partial charge in [0.2, 0.25) is 11.9 Å². The van der Waals surface area contributed by atoms with Crippen molar-refractivity contribution >= 4 is 35.4 Å². The number of benzene rings is 3. The highest BCUT2D eigenvalue weighted by Gasteiger charge is 2.33. The fourth-order valence-electron chi connectivity index (χ4n) is 3.14. The Balaban J connectivity index is 1.63. The van der Waals surface area contributed by atoms with Gasteiger partial charge in [-0.25, -0.2) is 14.2 Å². The van der Waals surface area contributed by atoms with Gasteiger partial charge in [0.05, 0.1) is 16.8 Å². The molecule has 1 aromatic heterocycles. The lowest BCUT2D eigenvalue weighted by molar-refractivity contribution is -0.276. The first kappa shape index (κ1) is 29.3. The predicted octanol–water partition coefficient (Wildman–Crippen LogP) is 7.46. The number of hydrogen-bond donors (Lipinski definition) is 2. The Morgan fingerprint density at radius 2 is 1.46 bits per heavy atom. The summed E-state index contributed by atoms with van der Waals surface area (Å²) in [6, 6.07) is 10.9. The van der Waals surface area contributed by atoms with E-state index in [9.17, 15) is 35.1 Å². The van der Waals surface area contributed by atoms with Crippen LogP contribution in [-0.2, 0) is 0 Å². The van der Waals surface area contributed by atoms with Gasteiger partial charge < -0.3 is 14.8 Å². The number of alkyl halides is 6. The first-order valence-electron chi connectivity index (χ1n) is 10.9. The molecule has 0 atom stereocenters. The van der Waals surface area contributed by atoms with Crippen molar-refractivity contribution in [1.29, 1.82) is 0 Å². The van der Waals surface area contributed by atoms with Gasteiger partial charge in [-0.05, 0) is 54.1 Å². The molecule has 0 spiro atoms. The summed E-state index contributed by atoms with van der Waals surface area (Å²) in [7, 11) is 0. The summed E-state index contributed by atoms with van der Waals surface area (Å²) in [4.78, 5) is 12.1. The van der Waals surface area contributed by atoms with Crippen molar-refractivity contribution in [3.63, 3.8) is 0 Å². The van der Waals surface area contributed by atoms with Crippen LogP contribution in [0.1, 0.15) is 5.56 Å². The molecule has 4 aromatic rings. The molecule has 0 radical (unpaired) electrons. The molecule has 0 fully saturated rings. The number of rotatable bonds is 8. The number of ether oxygens (including phenoxy) is 2. The van der Waals surface area contributed by atoms with Crippen molar-refractivity contribution in [2.75, 3.05) is 10.7 Å². The van der Waals surface area contributed by atoms with Crippen LogP contribution in [-0.4, -0.2) is 33.9 Å².